The summed E-state index contributed by atoms with van der Waals surface area (Å²) < 4.78 is 1.09. The molecule has 0 aliphatic carbocycles. The Labute approximate surface area is 199 Å². The van der Waals surface area contributed by atoms with E-state index in [0.29, 0.717) is 45.7 Å². The first-order chi connectivity index (χ1) is 16.0. The fourth-order valence-electron chi connectivity index (χ4n) is 3.38. The van der Waals surface area contributed by atoms with Gasteiger partial charge in [0.1, 0.15) is 7.11 Å². The van der Waals surface area contributed by atoms with Gasteiger partial charge in [0.25, 0.3) is 5.56 Å². The van der Waals surface area contributed by atoms with Crippen molar-refractivity contribution in [2.75, 3.05) is 25.6 Å². The van der Waals surface area contributed by atoms with Crippen LogP contribution in [0, 0.1) is 0 Å². The number of nitrogens with zero attached hydrogens (tertiary/aromatic N) is 3. The number of aromatic nitrogens is 3. The van der Waals surface area contributed by atoms with E-state index in [0.717, 1.165) is 16.0 Å². The van der Waals surface area contributed by atoms with E-state index in [1.165, 1.54) is 7.11 Å². The first kappa shape index (κ1) is 23.0. The number of nitrogens with one attached hydrogen (secondary N) is 2. The third-order valence-electron chi connectivity index (χ3n) is 4.95. The number of anilines is 2. The molecular weight excluding hydrogens is 465 g/mol. The van der Waals surface area contributed by atoms with Crippen molar-refractivity contribution in [2.24, 2.45) is 0 Å². The summed E-state index contributed by atoms with van der Waals surface area (Å²) in [6.07, 6.45) is 1.60. The summed E-state index contributed by atoms with van der Waals surface area (Å²) in [5.41, 5.74) is 2.43. The fourth-order valence-corrected chi connectivity index (χ4v) is 3.98. The molecule has 2 aromatic carbocycles. The molecule has 0 aliphatic rings. The number of hydrogen-bond donors (Lipinski definition) is 3. The topological polar surface area (TPSA) is 101 Å². The number of rotatable bonds is 8. The van der Waals surface area contributed by atoms with Gasteiger partial charge in [0, 0.05) is 35.9 Å². The lowest BCUT2D eigenvalue weighted by molar-refractivity contribution is 0.168. The number of benzene rings is 2. The average molecular weight is 486 g/mol. The number of aliphatic hydroxyl groups is 1. The van der Waals surface area contributed by atoms with Gasteiger partial charge in [-0.25, -0.2) is 4.98 Å². The van der Waals surface area contributed by atoms with Gasteiger partial charge in [0.15, 0.2) is 5.65 Å². The zero-order chi connectivity index (χ0) is 23.4. The van der Waals surface area contributed by atoms with E-state index in [2.05, 4.69) is 20.6 Å². The van der Waals surface area contributed by atoms with Gasteiger partial charge in [0.2, 0.25) is 5.95 Å². The van der Waals surface area contributed by atoms with Crippen LogP contribution in [0.1, 0.15) is 5.56 Å². The van der Waals surface area contributed by atoms with E-state index in [-0.39, 0.29) is 12.2 Å². The molecule has 0 amide bonds. The quantitative estimate of drug-likeness (QED) is 0.327. The third-order valence-corrected chi connectivity index (χ3v) is 5.58. The minimum absolute atomic E-state index is 0.0956. The van der Waals surface area contributed by atoms with Crippen LogP contribution in [0.3, 0.4) is 0 Å². The Kier molecular flexibility index (Phi) is 7.10. The van der Waals surface area contributed by atoms with Gasteiger partial charge >= 0.3 is 0 Å². The molecule has 4 aromatic rings. The highest BCUT2D eigenvalue weighted by molar-refractivity contribution is 6.39. The highest BCUT2D eigenvalue weighted by Crippen LogP contribution is 2.33. The molecule has 0 unspecified atom stereocenters. The summed E-state index contributed by atoms with van der Waals surface area (Å²) in [5, 5.41) is 16.4. The van der Waals surface area contributed by atoms with Crippen LogP contribution in [0.25, 0.3) is 22.2 Å². The molecule has 8 nitrogen and oxygen atoms in total. The fraction of sp³-hybridized carbons (Fsp3) is 0.174. The van der Waals surface area contributed by atoms with Gasteiger partial charge in [-0.05, 0) is 35.9 Å². The lowest BCUT2D eigenvalue weighted by Crippen LogP contribution is -2.27. The zero-order valence-electron chi connectivity index (χ0n) is 17.7. The maximum absolute atomic E-state index is 13.2. The lowest BCUT2D eigenvalue weighted by atomic mass is 10.1. The zero-order valence-corrected chi connectivity index (χ0v) is 19.2. The van der Waals surface area contributed by atoms with Crippen molar-refractivity contribution in [3.63, 3.8) is 0 Å². The van der Waals surface area contributed by atoms with Crippen LogP contribution in [-0.4, -0.2) is 40.1 Å². The molecule has 0 bridgehead atoms. The monoisotopic (exact) mass is 485 g/mol. The van der Waals surface area contributed by atoms with Crippen LogP contribution < -0.4 is 21.0 Å². The predicted molar refractivity (Wildman–Crippen MR) is 130 cm³/mol. The minimum atomic E-state index is -0.440. The van der Waals surface area contributed by atoms with E-state index < -0.39 is 5.56 Å². The first-order valence-electron chi connectivity index (χ1n) is 10.1. The number of pyridine rings is 1. The number of fused-ring (bicyclic) bond motifs is 1. The Morgan fingerprint density at radius 1 is 1.12 bits per heavy atom. The second-order valence-electron chi connectivity index (χ2n) is 7.13. The molecule has 0 saturated heterocycles. The molecule has 0 aliphatic heterocycles. The highest BCUT2D eigenvalue weighted by atomic mass is 35.5. The molecule has 33 heavy (non-hydrogen) atoms. The van der Waals surface area contributed by atoms with Crippen LogP contribution in [0.2, 0.25) is 10.0 Å². The van der Waals surface area contributed by atoms with Crippen LogP contribution in [0.4, 0.5) is 11.6 Å². The summed E-state index contributed by atoms with van der Waals surface area (Å²) in [6.45, 7) is 1.29. The predicted octanol–water partition coefficient (Wildman–Crippen LogP) is 3.65. The Hall–Kier alpha value is -3.17. The number of halogens is 2. The molecule has 0 fully saturated rings. The Morgan fingerprint density at radius 3 is 2.52 bits per heavy atom. The van der Waals surface area contributed by atoms with Crippen molar-refractivity contribution < 1.29 is 9.94 Å². The van der Waals surface area contributed by atoms with Crippen LogP contribution in [0.5, 0.6) is 0 Å². The molecule has 0 atom stereocenters. The molecule has 0 spiro atoms. The standard InChI is InChI=1S/C23H21Cl2N5O3/c1-33-30-21-15(11-17(22(30)32)20-18(24)3-2-4-19(20)25)13-27-23(29-21)28-16-7-5-14(6-8-16)12-26-9-10-31/h2-8,11,13,26,31H,9-10,12H2,1H3,(H,27,28,29). The Morgan fingerprint density at radius 2 is 1.85 bits per heavy atom. The number of hydrogen-bond acceptors (Lipinski definition) is 7. The van der Waals surface area contributed by atoms with Gasteiger partial charge in [-0.1, -0.05) is 41.4 Å². The Bertz CT molecular complexity index is 1320. The normalized spacial score (nSPS) is 11.0. The van der Waals surface area contributed by atoms with E-state index in [1.807, 2.05) is 24.3 Å². The second-order valence-corrected chi connectivity index (χ2v) is 7.95. The van der Waals surface area contributed by atoms with Crippen molar-refractivity contribution in [3.05, 3.63) is 80.7 Å². The molecule has 2 heterocycles. The SMILES string of the molecule is COn1c(=O)c(-c2c(Cl)cccc2Cl)cc2cnc(Nc3ccc(CNCCO)cc3)nc21. The maximum Gasteiger partial charge on any atom is 0.293 e. The third kappa shape index (κ3) is 4.94. The summed E-state index contributed by atoms with van der Waals surface area (Å²) in [5.74, 6) is 0.308. The number of aliphatic hydroxyl groups excluding tert-OH is 1. The van der Waals surface area contributed by atoms with Gasteiger partial charge < -0.3 is 20.6 Å². The van der Waals surface area contributed by atoms with Crippen molar-refractivity contribution in [1.29, 1.82) is 0 Å². The smallest absolute Gasteiger partial charge is 0.293 e. The molecule has 170 valence electrons. The van der Waals surface area contributed by atoms with Crippen molar-refractivity contribution in [1.82, 2.24) is 20.0 Å². The lowest BCUT2D eigenvalue weighted by Gasteiger charge is -2.13. The van der Waals surface area contributed by atoms with Crippen molar-refractivity contribution in [3.8, 4) is 11.1 Å². The van der Waals surface area contributed by atoms with Crippen LogP contribution >= 0.6 is 23.2 Å². The van der Waals surface area contributed by atoms with E-state index in [4.69, 9.17) is 33.1 Å². The second kappa shape index (κ2) is 10.2. The van der Waals surface area contributed by atoms with Gasteiger partial charge in [-0.15, -0.1) is 4.73 Å². The minimum Gasteiger partial charge on any atom is -0.412 e. The summed E-state index contributed by atoms with van der Waals surface area (Å²) in [4.78, 5) is 27.3. The van der Waals surface area contributed by atoms with E-state index >= 15 is 0 Å². The molecule has 3 N–H and O–H groups in total. The molecule has 0 saturated carbocycles. The molecular formula is C23H21Cl2N5O3. The summed E-state index contributed by atoms with van der Waals surface area (Å²) in [6, 6.07) is 14.4. The average Bonchev–Trinajstić information content (AvgIpc) is 2.81. The van der Waals surface area contributed by atoms with E-state index in [9.17, 15) is 4.79 Å². The molecule has 4 rings (SSSR count). The van der Waals surface area contributed by atoms with Gasteiger partial charge in [0.05, 0.1) is 22.2 Å². The Balaban J connectivity index is 1.67. The highest BCUT2D eigenvalue weighted by Gasteiger charge is 2.18. The van der Waals surface area contributed by atoms with Gasteiger partial charge in [-0.3, -0.25) is 4.79 Å². The van der Waals surface area contributed by atoms with Crippen molar-refractivity contribution >= 4 is 45.9 Å². The first-order valence-corrected chi connectivity index (χ1v) is 10.9. The maximum atomic E-state index is 13.2. The van der Waals surface area contributed by atoms with Crippen molar-refractivity contribution in [2.45, 2.75) is 6.54 Å². The molecule has 10 heteroatoms. The van der Waals surface area contributed by atoms with Crippen LogP contribution in [-0.2, 0) is 6.54 Å². The van der Waals surface area contributed by atoms with E-state index in [1.54, 1.807) is 30.5 Å². The van der Waals surface area contributed by atoms with Gasteiger partial charge in [-0.2, -0.15) is 4.98 Å². The summed E-state index contributed by atoms with van der Waals surface area (Å²) >= 11 is 12.6. The van der Waals surface area contributed by atoms with Crippen LogP contribution in [0.15, 0.2) is 59.5 Å². The molecule has 0 radical (unpaired) electrons. The molecule has 2 aromatic heterocycles. The summed E-state index contributed by atoms with van der Waals surface area (Å²) in [7, 11) is 1.39. The largest absolute Gasteiger partial charge is 0.412 e.